The Kier molecular flexibility index (Phi) is 6.55. The van der Waals surface area contributed by atoms with Crippen LogP contribution in [0.25, 0.3) is 6.08 Å². The monoisotopic (exact) mass is 314 g/mol. The molecule has 2 amide bonds. The van der Waals surface area contributed by atoms with E-state index in [0.717, 1.165) is 5.56 Å². The van der Waals surface area contributed by atoms with Crippen molar-refractivity contribution in [3.8, 4) is 0 Å². The Morgan fingerprint density at radius 1 is 1.30 bits per heavy atom. The zero-order chi connectivity index (χ0) is 15.1. The molecule has 0 aliphatic carbocycles. The van der Waals surface area contributed by atoms with Crippen LogP contribution in [0.15, 0.2) is 24.3 Å². The van der Waals surface area contributed by atoms with Crippen LogP contribution >= 0.6 is 23.2 Å². The lowest BCUT2D eigenvalue weighted by atomic mass is 10.2. The second-order valence-electron chi connectivity index (χ2n) is 4.13. The molecule has 1 aromatic rings. The van der Waals surface area contributed by atoms with Gasteiger partial charge in [0, 0.05) is 12.6 Å². The average molecular weight is 315 g/mol. The molecule has 0 spiro atoms. The summed E-state index contributed by atoms with van der Waals surface area (Å²) in [4.78, 5) is 23.1. The highest BCUT2D eigenvalue weighted by Gasteiger charge is 2.12. The number of hydrogen-bond acceptors (Lipinski definition) is 2. The Morgan fingerprint density at radius 2 is 2.00 bits per heavy atom. The SMILES string of the molecule is CCNC(=O)C(C)NC(=O)/C=C/c1ccc(Cl)c(Cl)c1. The third-order valence-corrected chi connectivity index (χ3v) is 3.21. The number of hydrogen-bond donors (Lipinski definition) is 2. The lowest BCUT2D eigenvalue weighted by Gasteiger charge is -2.11. The molecule has 20 heavy (non-hydrogen) atoms. The van der Waals surface area contributed by atoms with Gasteiger partial charge in [0.2, 0.25) is 11.8 Å². The van der Waals surface area contributed by atoms with E-state index in [1.807, 2.05) is 6.92 Å². The summed E-state index contributed by atoms with van der Waals surface area (Å²) in [6, 6.07) is 4.46. The quantitative estimate of drug-likeness (QED) is 0.821. The fraction of sp³-hybridized carbons (Fsp3) is 0.286. The first-order valence-corrected chi connectivity index (χ1v) is 6.91. The highest BCUT2D eigenvalue weighted by atomic mass is 35.5. The van der Waals surface area contributed by atoms with Gasteiger partial charge in [-0.2, -0.15) is 0 Å². The first-order chi connectivity index (χ1) is 9.43. The van der Waals surface area contributed by atoms with Crippen molar-refractivity contribution in [2.45, 2.75) is 19.9 Å². The molecule has 1 rings (SSSR count). The molecule has 0 radical (unpaired) electrons. The summed E-state index contributed by atoms with van der Waals surface area (Å²) in [5, 5.41) is 6.07. The van der Waals surface area contributed by atoms with Crippen LogP contribution < -0.4 is 10.6 Å². The average Bonchev–Trinajstić information content (AvgIpc) is 2.40. The van der Waals surface area contributed by atoms with Gasteiger partial charge >= 0.3 is 0 Å². The third kappa shape index (κ3) is 5.23. The lowest BCUT2D eigenvalue weighted by Crippen LogP contribution is -2.44. The van der Waals surface area contributed by atoms with Crippen molar-refractivity contribution >= 4 is 41.1 Å². The predicted molar refractivity (Wildman–Crippen MR) is 81.8 cm³/mol. The van der Waals surface area contributed by atoms with Crippen LogP contribution in [-0.2, 0) is 9.59 Å². The van der Waals surface area contributed by atoms with E-state index in [0.29, 0.717) is 16.6 Å². The molecule has 0 aromatic heterocycles. The summed E-state index contributed by atoms with van der Waals surface area (Å²) in [6.07, 6.45) is 2.94. The highest BCUT2D eigenvalue weighted by Crippen LogP contribution is 2.22. The van der Waals surface area contributed by atoms with Gasteiger partial charge in [-0.15, -0.1) is 0 Å². The second kappa shape index (κ2) is 7.92. The van der Waals surface area contributed by atoms with Crippen molar-refractivity contribution in [1.29, 1.82) is 0 Å². The molecule has 0 saturated carbocycles. The fourth-order valence-electron chi connectivity index (χ4n) is 1.44. The molecule has 108 valence electrons. The van der Waals surface area contributed by atoms with Crippen LogP contribution in [0.3, 0.4) is 0 Å². The van der Waals surface area contributed by atoms with Crippen molar-refractivity contribution in [1.82, 2.24) is 10.6 Å². The number of nitrogens with one attached hydrogen (secondary N) is 2. The van der Waals surface area contributed by atoms with E-state index < -0.39 is 6.04 Å². The Bertz CT molecular complexity index is 530. The van der Waals surface area contributed by atoms with Crippen LogP contribution in [0.2, 0.25) is 10.0 Å². The van der Waals surface area contributed by atoms with Crippen LogP contribution in [0, 0.1) is 0 Å². The Labute approximate surface area is 128 Å². The third-order valence-electron chi connectivity index (χ3n) is 2.47. The van der Waals surface area contributed by atoms with Crippen molar-refractivity contribution in [2.24, 2.45) is 0 Å². The van der Waals surface area contributed by atoms with Crippen LogP contribution in [0.5, 0.6) is 0 Å². The van der Waals surface area contributed by atoms with E-state index in [4.69, 9.17) is 23.2 Å². The molecule has 1 atom stereocenters. The summed E-state index contributed by atoms with van der Waals surface area (Å²) in [7, 11) is 0. The molecule has 0 aliphatic heterocycles. The first kappa shape index (κ1) is 16.5. The zero-order valence-corrected chi connectivity index (χ0v) is 12.8. The maximum absolute atomic E-state index is 11.7. The van der Waals surface area contributed by atoms with E-state index in [2.05, 4.69) is 10.6 Å². The van der Waals surface area contributed by atoms with Crippen LogP contribution in [-0.4, -0.2) is 24.4 Å². The predicted octanol–water partition coefficient (Wildman–Crippen LogP) is 2.65. The number of benzene rings is 1. The standard InChI is InChI=1S/C14H16Cl2N2O2/c1-3-17-14(20)9(2)18-13(19)7-5-10-4-6-11(15)12(16)8-10/h4-9H,3H2,1-2H3,(H,17,20)(H,18,19)/b7-5+. The molecule has 4 nitrogen and oxygen atoms in total. The number of carbonyl (C=O) groups excluding carboxylic acids is 2. The Morgan fingerprint density at radius 3 is 2.60 bits per heavy atom. The summed E-state index contributed by atoms with van der Waals surface area (Å²) < 4.78 is 0. The molecule has 0 bridgehead atoms. The zero-order valence-electron chi connectivity index (χ0n) is 11.2. The maximum Gasteiger partial charge on any atom is 0.244 e. The number of carbonyl (C=O) groups is 2. The number of amides is 2. The van der Waals surface area contributed by atoms with Crippen molar-refractivity contribution in [2.75, 3.05) is 6.54 Å². The van der Waals surface area contributed by atoms with E-state index in [-0.39, 0.29) is 11.8 Å². The molecule has 1 aromatic carbocycles. The van der Waals surface area contributed by atoms with Gasteiger partial charge in [-0.05, 0) is 37.6 Å². The molecule has 0 aliphatic rings. The van der Waals surface area contributed by atoms with E-state index in [1.54, 1.807) is 31.2 Å². The van der Waals surface area contributed by atoms with Gasteiger partial charge in [0.05, 0.1) is 10.0 Å². The van der Waals surface area contributed by atoms with Gasteiger partial charge in [-0.3, -0.25) is 9.59 Å². The van der Waals surface area contributed by atoms with Gasteiger partial charge in [-0.1, -0.05) is 29.3 Å². The van der Waals surface area contributed by atoms with Gasteiger partial charge in [0.15, 0.2) is 0 Å². The molecule has 0 heterocycles. The van der Waals surface area contributed by atoms with Crippen LogP contribution in [0.1, 0.15) is 19.4 Å². The molecule has 1 unspecified atom stereocenters. The molecule has 6 heteroatoms. The first-order valence-electron chi connectivity index (χ1n) is 6.15. The maximum atomic E-state index is 11.7. The van der Waals surface area contributed by atoms with Gasteiger partial charge < -0.3 is 10.6 Å². The highest BCUT2D eigenvalue weighted by molar-refractivity contribution is 6.42. The van der Waals surface area contributed by atoms with E-state index in [9.17, 15) is 9.59 Å². The second-order valence-corrected chi connectivity index (χ2v) is 4.95. The van der Waals surface area contributed by atoms with Gasteiger partial charge in [-0.25, -0.2) is 0 Å². The van der Waals surface area contributed by atoms with Crippen LogP contribution in [0.4, 0.5) is 0 Å². The summed E-state index contributed by atoms with van der Waals surface area (Å²) in [5.74, 6) is -0.571. The molecule has 2 N–H and O–H groups in total. The molecule has 0 fully saturated rings. The van der Waals surface area contributed by atoms with Crippen molar-refractivity contribution < 1.29 is 9.59 Å². The minimum absolute atomic E-state index is 0.219. The summed E-state index contributed by atoms with van der Waals surface area (Å²) in [6.45, 7) is 3.96. The Balaban J connectivity index is 2.59. The summed E-state index contributed by atoms with van der Waals surface area (Å²) in [5.41, 5.74) is 0.750. The number of halogens is 2. The van der Waals surface area contributed by atoms with E-state index >= 15 is 0 Å². The summed E-state index contributed by atoms with van der Waals surface area (Å²) >= 11 is 11.7. The minimum atomic E-state index is -0.582. The van der Waals surface area contributed by atoms with Crippen molar-refractivity contribution in [3.05, 3.63) is 39.9 Å². The number of likely N-dealkylation sites (N-methyl/N-ethyl adjacent to an activating group) is 1. The van der Waals surface area contributed by atoms with Crippen molar-refractivity contribution in [3.63, 3.8) is 0 Å². The van der Waals surface area contributed by atoms with E-state index in [1.165, 1.54) is 6.08 Å². The fourth-order valence-corrected chi connectivity index (χ4v) is 1.75. The smallest absolute Gasteiger partial charge is 0.244 e. The number of rotatable bonds is 5. The minimum Gasteiger partial charge on any atom is -0.355 e. The Hall–Kier alpha value is -1.52. The molecule has 0 saturated heterocycles. The lowest BCUT2D eigenvalue weighted by molar-refractivity contribution is -0.126. The molecular weight excluding hydrogens is 299 g/mol. The topological polar surface area (TPSA) is 58.2 Å². The van der Waals surface area contributed by atoms with Gasteiger partial charge in [0.25, 0.3) is 0 Å². The molecular formula is C14H16Cl2N2O2. The van der Waals surface area contributed by atoms with Gasteiger partial charge in [0.1, 0.15) is 6.04 Å². The largest absolute Gasteiger partial charge is 0.355 e. The normalized spacial score (nSPS) is 12.2.